The van der Waals surface area contributed by atoms with E-state index in [9.17, 15) is 9.30 Å². The van der Waals surface area contributed by atoms with Crippen LogP contribution in [0.5, 0.6) is 0 Å². The van der Waals surface area contributed by atoms with Gasteiger partial charge in [-0.05, 0) is 54.9 Å². The molecular weight excluding hydrogens is 267 g/mol. The van der Waals surface area contributed by atoms with Crippen molar-refractivity contribution in [2.24, 2.45) is 11.1 Å². The molecule has 1 saturated carbocycles. The highest BCUT2D eigenvalue weighted by Crippen LogP contribution is 2.44. The van der Waals surface area contributed by atoms with Crippen molar-refractivity contribution in [1.82, 2.24) is 0 Å². The van der Waals surface area contributed by atoms with E-state index in [0.717, 1.165) is 36.8 Å². The lowest BCUT2D eigenvalue weighted by atomic mass is 9.90. The Morgan fingerprint density at radius 2 is 2.00 bits per heavy atom. The van der Waals surface area contributed by atoms with Crippen LogP contribution in [0, 0.1) is 28.0 Å². The van der Waals surface area contributed by atoms with Crippen molar-refractivity contribution in [2.75, 3.05) is 0 Å². The average Bonchev–Trinajstić information content (AvgIpc) is 3.16. The summed E-state index contributed by atoms with van der Waals surface area (Å²) in [5.41, 5.74) is 3.08. The average molecular weight is 284 g/mol. The third-order valence-corrected chi connectivity index (χ3v) is 4.74. The van der Waals surface area contributed by atoms with Crippen LogP contribution >= 0.6 is 0 Å². The van der Waals surface area contributed by atoms with Crippen molar-refractivity contribution in [1.29, 1.82) is 5.26 Å². The Kier molecular flexibility index (Phi) is 3.83. The molecule has 1 unspecified atom stereocenters. The SMILES string of the molecule is N#Cc1cc(C2=C(C3CCCC3)CCC2N=O)ccc1F. The highest BCUT2D eigenvalue weighted by atomic mass is 19.1. The second-order valence-corrected chi connectivity index (χ2v) is 5.89. The molecule has 108 valence electrons. The fourth-order valence-corrected chi connectivity index (χ4v) is 3.75. The number of nitrogens with zero attached hydrogens (tertiary/aromatic N) is 2. The van der Waals surface area contributed by atoms with Gasteiger partial charge in [0.1, 0.15) is 17.9 Å². The van der Waals surface area contributed by atoms with Crippen LogP contribution in [-0.2, 0) is 0 Å². The van der Waals surface area contributed by atoms with Gasteiger partial charge in [0.15, 0.2) is 0 Å². The molecule has 0 saturated heterocycles. The zero-order valence-electron chi connectivity index (χ0n) is 11.8. The molecule has 1 aromatic carbocycles. The topological polar surface area (TPSA) is 53.2 Å². The van der Waals surface area contributed by atoms with Gasteiger partial charge >= 0.3 is 0 Å². The van der Waals surface area contributed by atoms with Crippen molar-refractivity contribution >= 4 is 5.57 Å². The number of hydrogen-bond acceptors (Lipinski definition) is 3. The number of nitroso groups, excluding NO2 is 1. The monoisotopic (exact) mass is 284 g/mol. The predicted molar refractivity (Wildman–Crippen MR) is 78.8 cm³/mol. The molecule has 0 radical (unpaired) electrons. The van der Waals surface area contributed by atoms with Gasteiger partial charge in [-0.15, -0.1) is 0 Å². The van der Waals surface area contributed by atoms with Crippen LogP contribution < -0.4 is 0 Å². The van der Waals surface area contributed by atoms with Gasteiger partial charge in [0.25, 0.3) is 0 Å². The molecule has 2 aliphatic rings. The fourth-order valence-electron chi connectivity index (χ4n) is 3.75. The molecule has 0 spiro atoms. The number of rotatable bonds is 3. The van der Waals surface area contributed by atoms with Gasteiger partial charge in [0, 0.05) is 0 Å². The minimum atomic E-state index is -0.516. The molecule has 1 fully saturated rings. The number of allylic oxidation sites excluding steroid dienone is 1. The largest absolute Gasteiger partial charge is 0.206 e. The van der Waals surface area contributed by atoms with Crippen molar-refractivity contribution in [3.8, 4) is 6.07 Å². The van der Waals surface area contributed by atoms with Gasteiger partial charge in [-0.2, -0.15) is 10.2 Å². The highest BCUT2D eigenvalue weighted by Gasteiger charge is 2.33. The van der Waals surface area contributed by atoms with E-state index in [1.807, 2.05) is 6.07 Å². The number of benzene rings is 1. The van der Waals surface area contributed by atoms with E-state index in [0.29, 0.717) is 5.92 Å². The molecule has 2 aliphatic carbocycles. The minimum absolute atomic E-state index is 0.0299. The van der Waals surface area contributed by atoms with Gasteiger partial charge < -0.3 is 0 Å². The van der Waals surface area contributed by atoms with Crippen molar-refractivity contribution < 1.29 is 4.39 Å². The Bertz CT molecular complexity index is 639. The summed E-state index contributed by atoms with van der Waals surface area (Å²) in [5.74, 6) is 0.0141. The van der Waals surface area contributed by atoms with Crippen LogP contribution in [-0.4, -0.2) is 6.04 Å². The molecule has 0 aliphatic heterocycles. The molecule has 3 rings (SSSR count). The van der Waals surface area contributed by atoms with Gasteiger partial charge in [-0.3, -0.25) is 0 Å². The number of nitriles is 1. The molecule has 4 heteroatoms. The third kappa shape index (κ3) is 2.49. The smallest absolute Gasteiger partial charge is 0.140 e. The van der Waals surface area contributed by atoms with Crippen LogP contribution in [0.25, 0.3) is 5.57 Å². The van der Waals surface area contributed by atoms with Gasteiger partial charge in [0.05, 0.1) is 5.56 Å². The first-order valence-electron chi connectivity index (χ1n) is 7.50. The molecule has 0 heterocycles. The molecule has 21 heavy (non-hydrogen) atoms. The normalized spacial score (nSPS) is 22.6. The second-order valence-electron chi connectivity index (χ2n) is 5.89. The van der Waals surface area contributed by atoms with Crippen LogP contribution in [0.3, 0.4) is 0 Å². The zero-order chi connectivity index (χ0) is 14.8. The Labute approximate surface area is 123 Å². The summed E-state index contributed by atoms with van der Waals surface area (Å²) < 4.78 is 13.5. The molecule has 0 bridgehead atoms. The number of hydrogen-bond donors (Lipinski definition) is 0. The molecular formula is C17H17FN2O. The first kappa shape index (κ1) is 13.9. The lowest BCUT2D eigenvalue weighted by Crippen LogP contribution is -2.05. The maximum atomic E-state index is 13.5. The molecule has 1 atom stereocenters. The minimum Gasteiger partial charge on any atom is -0.206 e. The van der Waals surface area contributed by atoms with Gasteiger partial charge in [-0.1, -0.05) is 29.7 Å². The van der Waals surface area contributed by atoms with Crippen LogP contribution in [0.15, 0.2) is 28.9 Å². The molecule has 0 N–H and O–H groups in total. The first-order chi connectivity index (χ1) is 10.2. The van der Waals surface area contributed by atoms with Crippen molar-refractivity contribution in [3.05, 3.63) is 45.6 Å². The quantitative estimate of drug-likeness (QED) is 0.763. The summed E-state index contributed by atoms with van der Waals surface area (Å²) in [4.78, 5) is 11.1. The molecule has 0 aromatic heterocycles. The first-order valence-corrected chi connectivity index (χ1v) is 7.50. The molecule has 0 amide bonds. The lowest BCUT2D eigenvalue weighted by molar-refractivity contribution is 0.618. The van der Waals surface area contributed by atoms with E-state index in [-0.39, 0.29) is 11.6 Å². The van der Waals surface area contributed by atoms with Crippen molar-refractivity contribution in [2.45, 2.75) is 44.6 Å². The standard InChI is InChI=1S/C17H17FN2O/c18-15-7-5-12(9-13(15)10-19)17-14(6-8-16(17)20-21)11-3-1-2-4-11/h5,7,9,11,16H,1-4,6,8H2. The van der Waals surface area contributed by atoms with Crippen LogP contribution in [0.1, 0.15) is 49.7 Å². The van der Waals surface area contributed by atoms with E-state index in [2.05, 4.69) is 5.18 Å². The zero-order valence-corrected chi connectivity index (χ0v) is 11.8. The lowest BCUT2D eigenvalue weighted by Gasteiger charge is -2.15. The fraction of sp³-hybridized carbons (Fsp3) is 0.471. The summed E-state index contributed by atoms with van der Waals surface area (Å²) in [6.07, 6.45) is 6.42. The summed E-state index contributed by atoms with van der Waals surface area (Å²) in [5, 5.41) is 12.3. The Hall–Kier alpha value is -2.02. The van der Waals surface area contributed by atoms with Crippen LogP contribution in [0.2, 0.25) is 0 Å². The Morgan fingerprint density at radius 1 is 1.24 bits per heavy atom. The van der Waals surface area contributed by atoms with E-state index in [4.69, 9.17) is 5.26 Å². The summed E-state index contributed by atoms with van der Waals surface area (Å²) >= 11 is 0. The van der Waals surface area contributed by atoms with Crippen molar-refractivity contribution in [3.63, 3.8) is 0 Å². The van der Waals surface area contributed by atoms with Crippen LogP contribution in [0.4, 0.5) is 4.39 Å². The Morgan fingerprint density at radius 3 is 2.67 bits per heavy atom. The Balaban J connectivity index is 2.08. The number of halogens is 1. The van der Waals surface area contributed by atoms with Gasteiger partial charge in [-0.25, -0.2) is 4.39 Å². The summed E-state index contributed by atoms with van der Waals surface area (Å²) in [7, 11) is 0. The van der Waals surface area contributed by atoms with E-state index >= 15 is 0 Å². The highest BCUT2D eigenvalue weighted by molar-refractivity contribution is 5.76. The third-order valence-electron chi connectivity index (χ3n) is 4.74. The van der Waals surface area contributed by atoms with E-state index in [1.165, 1.54) is 24.5 Å². The predicted octanol–water partition coefficient (Wildman–Crippen LogP) is 4.57. The maximum absolute atomic E-state index is 13.5. The second kappa shape index (κ2) is 5.77. The van der Waals surface area contributed by atoms with E-state index in [1.54, 1.807) is 12.1 Å². The molecule has 1 aromatic rings. The van der Waals surface area contributed by atoms with Gasteiger partial charge in [0.2, 0.25) is 0 Å². The maximum Gasteiger partial charge on any atom is 0.140 e. The summed E-state index contributed by atoms with van der Waals surface area (Å²) in [6.45, 7) is 0. The summed E-state index contributed by atoms with van der Waals surface area (Å²) in [6, 6.07) is 6.06. The molecule has 3 nitrogen and oxygen atoms in total. The van der Waals surface area contributed by atoms with E-state index < -0.39 is 5.82 Å².